The number of ether oxygens (including phenoxy) is 1. The fraction of sp³-hybridized carbons (Fsp3) is 0.308. The topological polar surface area (TPSA) is 77.9 Å². The van der Waals surface area contributed by atoms with E-state index >= 15 is 0 Å². The third-order valence-corrected chi connectivity index (χ3v) is 3.77. The van der Waals surface area contributed by atoms with Crippen LogP contribution in [0.5, 0.6) is 11.5 Å². The number of hydrogen-bond acceptors (Lipinski definition) is 7. The molecule has 6 nitrogen and oxygen atoms in total. The molecule has 20 heavy (non-hydrogen) atoms. The second kappa shape index (κ2) is 5.66. The van der Waals surface area contributed by atoms with E-state index in [9.17, 15) is 10.2 Å². The number of anilines is 1. The van der Waals surface area contributed by atoms with Crippen LogP contribution in [-0.4, -0.2) is 46.5 Å². The number of phenols is 2. The first-order valence-electron chi connectivity index (χ1n) is 6.29. The highest BCUT2D eigenvalue weighted by Crippen LogP contribution is 2.33. The van der Waals surface area contributed by atoms with Crippen molar-refractivity contribution in [2.24, 2.45) is 0 Å². The lowest BCUT2D eigenvalue weighted by Crippen LogP contribution is -2.40. The number of hydrazine groups is 1. The first-order valence-corrected chi connectivity index (χ1v) is 7.17. The summed E-state index contributed by atoms with van der Waals surface area (Å²) in [6, 6.07) is 4.49. The van der Waals surface area contributed by atoms with Crippen LogP contribution in [-0.2, 0) is 4.74 Å². The normalized spacial score (nSPS) is 16.2. The standard InChI is InChI=1S/C13H15N3O3S/c17-9-1-2-10(12(18)7-9)11-8-20-13(14-11)15-16-3-5-19-6-4-16/h1-2,7-8,17-18H,3-6H2,(H,14,15). The number of nitrogens with one attached hydrogen (secondary N) is 1. The molecule has 0 amide bonds. The van der Waals surface area contributed by atoms with Gasteiger partial charge in [-0.2, -0.15) is 0 Å². The van der Waals surface area contributed by atoms with E-state index in [0.717, 1.165) is 18.2 Å². The van der Waals surface area contributed by atoms with Crippen molar-refractivity contribution < 1.29 is 14.9 Å². The van der Waals surface area contributed by atoms with Crippen molar-refractivity contribution in [3.8, 4) is 22.8 Å². The molecule has 0 saturated carbocycles. The molecule has 1 fully saturated rings. The fourth-order valence-electron chi connectivity index (χ4n) is 2.00. The zero-order valence-electron chi connectivity index (χ0n) is 10.7. The molecule has 2 heterocycles. The maximum Gasteiger partial charge on any atom is 0.197 e. The van der Waals surface area contributed by atoms with Crippen LogP contribution in [0.15, 0.2) is 23.6 Å². The summed E-state index contributed by atoms with van der Waals surface area (Å²) in [5.41, 5.74) is 4.52. The van der Waals surface area contributed by atoms with Crippen molar-refractivity contribution in [2.45, 2.75) is 0 Å². The Morgan fingerprint density at radius 3 is 2.80 bits per heavy atom. The summed E-state index contributed by atoms with van der Waals surface area (Å²) in [5.74, 6) is 0.0568. The van der Waals surface area contributed by atoms with Gasteiger partial charge in [-0.05, 0) is 12.1 Å². The maximum absolute atomic E-state index is 9.83. The van der Waals surface area contributed by atoms with E-state index in [1.165, 1.54) is 23.5 Å². The highest BCUT2D eigenvalue weighted by atomic mass is 32.1. The lowest BCUT2D eigenvalue weighted by Gasteiger charge is -2.26. The predicted octanol–water partition coefficient (Wildman–Crippen LogP) is 1.88. The number of hydrogen-bond donors (Lipinski definition) is 3. The maximum atomic E-state index is 9.83. The first-order chi connectivity index (χ1) is 9.72. The number of aromatic nitrogens is 1. The Morgan fingerprint density at radius 2 is 2.05 bits per heavy atom. The zero-order valence-corrected chi connectivity index (χ0v) is 11.6. The van der Waals surface area contributed by atoms with Crippen LogP contribution in [0, 0.1) is 0 Å². The van der Waals surface area contributed by atoms with Crippen LogP contribution in [0.1, 0.15) is 0 Å². The molecule has 1 aliphatic rings. The average molecular weight is 293 g/mol. The van der Waals surface area contributed by atoms with Crippen molar-refractivity contribution in [1.29, 1.82) is 0 Å². The van der Waals surface area contributed by atoms with Gasteiger partial charge in [-0.15, -0.1) is 11.3 Å². The molecular weight excluding hydrogens is 278 g/mol. The molecule has 0 unspecified atom stereocenters. The van der Waals surface area contributed by atoms with Gasteiger partial charge in [0.1, 0.15) is 11.5 Å². The predicted molar refractivity (Wildman–Crippen MR) is 76.9 cm³/mol. The molecule has 0 radical (unpaired) electrons. The van der Waals surface area contributed by atoms with Crippen LogP contribution < -0.4 is 5.43 Å². The van der Waals surface area contributed by atoms with Crippen LogP contribution in [0.4, 0.5) is 5.13 Å². The molecule has 7 heteroatoms. The Hall–Kier alpha value is -1.83. The minimum atomic E-state index is 0.0215. The van der Waals surface area contributed by atoms with E-state index in [-0.39, 0.29) is 11.5 Å². The quantitative estimate of drug-likeness (QED) is 0.802. The molecular formula is C13H15N3O3S. The molecule has 0 atom stereocenters. The van der Waals surface area contributed by atoms with Gasteiger partial charge >= 0.3 is 0 Å². The van der Waals surface area contributed by atoms with Crippen molar-refractivity contribution >= 4 is 16.5 Å². The third kappa shape index (κ3) is 2.84. The van der Waals surface area contributed by atoms with E-state index in [4.69, 9.17) is 4.74 Å². The molecule has 1 aromatic heterocycles. The molecule has 0 aliphatic carbocycles. The van der Waals surface area contributed by atoms with Gasteiger partial charge in [0, 0.05) is 30.1 Å². The van der Waals surface area contributed by atoms with Gasteiger partial charge in [0.15, 0.2) is 5.13 Å². The second-order valence-electron chi connectivity index (χ2n) is 4.45. The highest BCUT2D eigenvalue weighted by molar-refractivity contribution is 7.14. The number of morpholine rings is 1. The molecule has 1 aliphatic heterocycles. The Kier molecular flexibility index (Phi) is 3.72. The summed E-state index contributed by atoms with van der Waals surface area (Å²) in [5, 5.41) is 23.8. The molecule has 0 spiro atoms. The number of nitrogens with zero attached hydrogens (tertiary/aromatic N) is 2. The smallest absolute Gasteiger partial charge is 0.197 e. The van der Waals surface area contributed by atoms with Crippen LogP contribution in [0.3, 0.4) is 0 Å². The number of thiazole rings is 1. The summed E-state index contributed by atoms with van der Waals surface area (Å²) in [6.45, 7) is 3.06. The van der Waals surface area contributed by atoms with Gasteiger partial charge in [-0.25, -0.2) is 9.99 Å². The summed E-state index contributed by atoms with van der Waals surface area (Å²) in [6.07, 6.45) is 0. The van der Waals surface area contributed by atoms with Gasteiger partial charge < -0.3 is 14.9 Å². The second-order valence-corrected chi connectivity index (χ2v) is 5.31. The SMILES string of the molecule is Oc1ccc(-c2csc(NN3CCOCC3)n2)c(O)c1. The van der Waals surface area contributed by atoms with E-state index in [1.54, 1.807) is 6.07 Å². The summed E-state index contributed by atoms with van der Waals surface area (Å²) in [4.78, 5) is 4.45. The Balaban J connectivity index is 1.75. The fourth-order valence-corrected chi connectivity index (χ4v) is 2.73. The largest absolute Gasteiger partial charge is 0.508 e. The van der Waals surface area contributed by atoms with Crippen molar-refractivity contribution in [1.82, 2.24) is 9.99 Å². The number of aromatic hydroxyl groups is 2. The minimum Gasteiger partial charge on any atom is -0.508 e. The minimum absolute atomic E-state index is 0.0215. The summed E-state index contributed by atoms with van der Waals surface area (Å²) in [7, 11) is 0. The molecule has 3 rings (SSSR count). The van der Waals surface area contributed by atoms with Gasteiger partial charge in [0.25, 0.3) is 0 Å². The molecule has 2 aromatic rings. The number of rotatable bonds is 3. The first kappa shape index (κ1) is 13.2. The van der Waals surface area contributed by atoms with Gasteiger partial charge in [-0.1, -0.05) is 0 Å². The Bertz CT molecular complexity index is 596. The van der Waals surface area contributed by atoms with E-state index < -0.39 is 0 Å². The number of benzene rings is 1. The number of phenolic OH excluding ortho intramolecular Hbond substituents is 2. The molecule has 1 saturated heterocycles. The summed E-state index contributed by atoms with van der Waals surface area (Å²) < 4.78 is 5.28. The summed E-state index contributed by atoms with van der Waals surface area (Å²) >= 11 is 1.47. The van der Waals surface area contributed by atoms with Crippen LogP contribution in [0.2, 0.25) is 0 Å². The highest BCUT2D eigenvalue weighted by Gasteiger charge is 2.13. The van der Waals surface area contributed by atoms with Crippen molar-refractivity contribution in [3.05, 3.63) is 23.6 Å². The lowest BCUT2D eigenvalue weighted by atomic mass is 10.1. The Morgan fingerprint density at radius 1 is 1.25 bits per heavy atom. The van der Waals surface area contributed by atoms with Crippen molar-refractivity contribution in [2.75, 3.05) is 31.7 Å². The van der Waals surface area contributed by atoms with Gasteiger partial charge in [0.05, 0.1) is 18.9 Å². The van der Waals surface area contributed by atoms with E-state index in [2.05, 4.69) is 15.4 Å². The molecule has 106 valence electrons. The zero-order chi connectivity index (χ0) is 13.9. The molecule has 0 bridgehead atoms. The average Bonchev–Trinajstić information content (AvgIpc) is 2.88. The Labute approximate surface area is 120 Å². The van der Waals surface area contributed by atoms with E-state index in [0.29, 0.717) is 24.5 Å². The third-order valence-electron chi connectivity index (χ3n) is 3.03. The molecule has 3 N–H and O–H groups in total. The lowest BCUT2D eigenvalue weighted by molar-refractivity contribution is 0.0497. The van der Waals surface area contributed by atoms with Crippen molar-refractivity contribution in [3.63, 3.8) is 0 Å². The van der Waals surface area contributed by atoms with Crippen LogP contribution >= 0.6 is 11.3 Å². The van der Waals surface area contributed by atoms with E-state index in [1.807, 2.05) is 5.38 Å². The van der Waals surface area contributed by atoms with Gasteiger partial charge in [-0.3, -0.25) is 5.43 Å². The molecule has 1 aromatic carbocycles. The monoisotopic (exact) mass is 293 g/mol. The van der Waals surface area contributed by atoms with Gasteiger partial charge in [0.2, 0.25) is 0 Å². The van der Waals surface area contributed by atoms with Crippen LogP contribution in [0.25, 0.3) is 11.3 Å².